The minimum atomic E-state index is -0.702. The van der Waals surface area contributed by atoms with Gasteiger partial charge in [0.2, 0.25) is 5.78 Å². The number of rotatable bonds is 7. The highest BCUT2D eigenvalue weighted by Gasteiger charge is 2.16. The van der Waals surface area contributed by atoms with E-state index >= 15 is 0 Å². The largest absolute Gasteiger partial charge is 0.459 e. The van der Waals surface area contributed by atoms with Gasteiger partial charge in [0.15, 0.2) is 12.4 Å². The van der Waals surface area contributed by atoms with Crippen molar-refractivity contribution in [3.8, 4) is 0 Å². The maximum Gasteiger partial charge on any atom is 0.325 e. The monoisotopic (exact) mass is 354 g/mol. The van der Waals surface area contributed by atoms with Crippen LogP contribution in [0, 0.1) is 0 Å². The Bertz CT molecular complexity index is 940. The number of carbonyl (C=O) groups excluding carboxylic acids is 3. The molecule has 2 aromatic heterocycles. The van der Waals surface area contributed by atoms with Crippen LogP contribution in [0.15, 0.2) is 47.2 Å². The number of fused-ring (bicyclic) bond motifs is 1. The predicted octanol–water partition coefficient (Wildman–Crippen LogP) is 2.48. The summed E-state index contributed by atoms with van der Waals surface area (Å²) < 4.78 is 9.87. The molecule has 0 saturated carbocycles. The first kappa shape index (κ1) is 17.5. The highest BCUT2D eigenvalue weighted by Crippen LogP contribution is 2.22. The first-order valence-electron chi connectivity index (χ1n) is 8.19. The number of nitrogens with one attached hydrogen (secondary N) is 2. The molecule has 26 heavy (non-hydrogen) atoms. The summed E-state index contributed by atoms with van der Waals surface area (Å²) in [6.07, 6.45) is 3.82. The van der Waals surface area contributed by atoms with E-state index in [1.165, 1.54) is 12.3 Å². The van der Waals surface area contributed by atoms with Crippen LogP contribution < -0.4 is 5.32 Å². The molecule has 0 fully saturated rings. The Labute approximate surface area is 149 Å². The first-order chi connectivity index (χ1) is 12.6. The van der Waals surface area contributed by atoms with Crippen LogP contribution in [0.1, 0.15) is 33.4 Å². The van der Waals surface area contributed by atoms with E-state index in [-0.39, 0.29) is 18.1 Å². The van der Waals surface area contributed by atoms with Crippen molar-refractivity contribution in [3.05, 3.63) is 59.7 Å². The van der Waals surface area contributed by atoms with E-state index < -0.39 is 18.5 Å². The number of furan rings is 1. The summed E-state index contributed by atoms with van der Waals surface area (Å²) in [7, 11) is 0. The van der Waals surface area contributed by atoms with Gasteiger partial charge >= 0.3 is 5.97 Å². The van der Waals surface area contributed by atoms with Crippen molar-refractivity contribution in [2.75, 3.05) is 13.2 Å². The van der Waals surface area contributed by atoms with E-state index in [4.69, 9.17) is 9.15 Å². The number of aromatic nitrogens is 1. The van der Waals surface area contributed by atoms with Gasteiger partial charge in [-0.2, -0.15) is 0 Å². The molecule has 3 rings (SSSR count). The van der Waals surface area contributed by atoms with Crippen molar-refractivity contribution >= 4 is 28.6 Å². The molecular formula is C19H18N2O5. The standard InChI is InChI=1S/C19H18N2O5/c1-2-12-5-3-6-13-14(9-20-18(12)13)15(22)11-26-17(23)10-21-19(24)16-7-4-8-25-16/h3-9,20H,2,10-11H2,1H3,(H,21,24). The molecule has 2 heterocycles. The molecule has 7 heteroatoms. The van der Waals surface area contributed by atoms with Crippen molar-refractivity contribution < 1.29 is 23.5 Å². The van der Waals surface area contributed by atoms with Crippen LogP contribution in [0.5, 0.6) is 0 Å². The Morgan fingerprint density at radius 1 is 1.19 bits per heavy atom. The average Bonchev–Trinajstić information content (AvgIpc) is 3.33. The van der Waals surface area contributed by atoms with Gasteiger partial charge in [0.05, 0.1) is 6.26 Å². The first-order valence-corrected chi connectivity index (χ1v) is 8.19. The van der Waals surface area contributed by atoms with E-state index in [9.17, 15) is 14.4 Å². The van der Waals surface area contributed by atoms with Gasteiger partial charge in [-0.05, 0) is 24.1 Å². The molecule has 0 saturated heterocycles. The van der Waals surface area contributed by atoms with Gasteiger partial charge in [0, 0.05) is 22.7 Å². The molecular weight excluding hydrogens is 336 g/mol. The number of esters is 1. The summed E-state index contributed by atoms with van der Waals surface area (Å²) in [6.45, 7) is 1.30. The zero-order valence-corrected chi connectivity index (χ0v) is 14.2. The Morgan fingerprint density at radius 3 is 2.77 bits per heavy atom. The fourth-order valence-corrected chi connectivity index (χ4v) is 2.66. The van der Waals surface area contributed by atoms with Crippen LogP contribution in [0.4, 0.5) is 0 Å². The zero-order chi connectivity index (χ0) is 18.5. The smallest absolute Gasteiger partial charge is 0.325 e. The minimum absolute atomic E-state index is 0.0967. The molecule has 0 aliphatic carbocycles. The van der Waals surface area contributed by atoms with Crippen LogP contribution >= 0.6 is 0 Å². The number of hydrogen-bond acceptors (Lipinski definition) is 5. The molecule has 0 aliphatic rings. The lowest BCUT2D eigenvalue weighted by atomic mass is 10.1. The molecule has 0 bridgehead atoms. The van der Waals surface area contributed by atoms with Gasteiger partial charge in [-0.25, -0.2) is 0 Å². The molecule has 0 atom stereocenters. The van der Waals surface area contributed by atoms with Crippen molar-refractivity contribution in [2.24, 2.45) is 0 Å². The SMILES string of the molecule is CCc1cccc2c(C(=O)COC(=O)CNC(=O)c3ccco3)c[nH]c12. The highest BCUT2D eigenvalue weighted by atomic mass is 16.5. The summed E-state index contributed by atoms with van der Waals surface area (Å²) in [5, 5.41) is 3.17. The van der Waals surface area contributed by atoms with Gasteiger partial charge in [0.25, 0.3) is 5.91 Å². The molecule has 1 aromatic carbocycles. The number of amides is 1. The van der Waals surface area contributed by atoms with E-state index in [1.54, 1.807) is 12.3 Å². The van der Waals surface area contributed by atoms with Crippen molar-refractivity contribution in [1.82, 2.24) is 10.3 Å². The van der Waals surface area contributed by atoms with Crippen molar-refractivity contribution in [2.45, 2.75) is 13.3 Å². The molecule has 7 nitrogen and oxygen atoms in total. The van der Waals surface area contributed by atoms with Gasteiger partial charge in [-0.1, -0.05) is 25.1 Å². The number of hydrogen-bond donors (Lipinski definition) is 2. The number of benzene rings is 1. The molecule has 3 aromatic rings. The quantitative estimate of drug-likeness (QED) is 0.501. The second kappa shape index (κ2) is 7.69. The number of ketones is 1. The molecule has 0 radical (unpaired) electrons. The summed E-state index contributed by atoms with van der Waals surface area (Å²) in [5.41, 5.74) is 2.50. The van der Waals surface area contributed by atoms with E-state index in [0.717, 1.165) is 22.9 Å². The number of aromatic amines is 1. The zero-order valence-electron chi connectivity index (χ0n) is 14.2. The molecule has 0 unspecified atom stereocenters. The predicted molar refractivity (Wildman–Crippen MR) is 94.0 cm³/mol. The maximum absolute atomic E-state index is 12.3. The summed E-state index contributed by atoms with van der Waals surface area (Å²) >= 11 is 0. The second-order valence-corrected chi connectivity index (χ2v) is 5.64. The van der Waals surface area contributed by atoms with Gasteiger partial charge < -0.3 is 19.5 Å². The van der Waals surface area contributed by atoms with Crippen LogP contribution in [0.2, 0.25) is 0 Å². The third kappa shape index (κ3) is 3.66. The van der Waals surface area contributed by atoms with Gasteiger partial charge in [0.1, 0.15) is 6.54 Å². The lowest BCUT2D eigenvalue weighted by Gasteiger charge is -2.05. The van der Waals surface area contributed by atoms with Crippen LogP contribution in [0.3, 0.4) is 0 Å². The molecule has 1 amide bonds. The molecule has 0 spiro atoms. The number of Topliss-reactive ketones (excluding diaryl/α,β-unsaturated/α-hetero) is 1. The van der Waals surface area contributed by atoms with Crippen LogP contribution in [0.25, 0.3) is 10.9 Å². The average molecular weight is 354 g/mol. The fraction of sp³-hybridized carbons (Fsp3) is 0.211. The van der Waals surface area contributed by atoms with E-state index in [2.05, 4.69) is 10.3 Å². The van der Waals surface area contributed by atoms with Crippen LogP contribution in [-0.4, -0.2) is 35.8 Å². The topological polar surface area (TPSA) is 101 Å². The fourth-order valence-electron chi connectivity index (χ4n) is 2.66. The Balaban J connectivity index is 1.55. The number of carbonyl (C=O) groups is 3. The maximum atomic E-state index is 12.3. The third-order valence-corrected chi connectivity index (χ3v) is 3.99. The Morgan fingerprint density at radius 2 is 2.04 bits per heavy atom. The minimum Gasteiger partial charge on any atom is -0.459 e. The second-order valence-electron chi connectivity index (χ2n) is 5.64. The number of ether oxygens (including phenoxy) is 1. The van der Waals surface area contributed by atoms with E-state index in [0.29, 0.717) is 5.56 Å². The number of para-hydroxylation sites is 1. The number of aryl methyl sites for hydroxylation is 1. The molecule has 2 N–H and O–H groups in total. The summed E-state index contributed by atoms with van der Waals surface area (Å²) in [6, 6.07) is 8.78. The van der Waals surface area contributed by atoms with Crippen molar-refractivity contribution in [1.29, 1.82) is 0 Å². The van der Waals surface area contributed by atoms with Gasteiger partial charge in [-0.3, -0.25) is 14.4 Å². The third-order valence-electron chi connectivity index (χ3n) is 3.99. The lowest BCUT2D eigenvalue weighted by molar-refractivity contribution is -0.141. The Hall–Kier alpha value is -3.35. The molecule has 0 aliphatic heterocycles. The Kier molecular flexibility index (Phi) is 5.17. The van der Waals surface area contributed by atoms with Crippen molar-refractivity contribution in [3.63, 3.8) is 0 Å². The summed E-state index contributed by atoms with van der Waals surface area (Å²) in [5.74, 6) is -1.44. The molecule has 134 valence electrons. The van der Waals surface area contributed by atoms with E-state index in [1.807, 2.05) is 25.1 Å². The lowest BCUT2D eigenvalue weighted by Crippen LogP contribution is -2.31. The van der Waals surface area contributed by atoms with Gasteiger partial charge in [-0.15, -0.1) is 0 Å². The normalized spacial score (nSPS) is 10.7. The summed E-state index contributed by atoms with van der Waals surface area (Å²) in [4.78, 5) is 38.8. The van der Waals surface area contributed by atoms with Crippen LogP contribution in [-0.2, 0) is 16.0 Å². The number of H-pyrrole nitrogens is 1. The highest BCUT2D eigenvalue weighted by molar-refractivity contribution is 6.09.